The van der Waals surface area contributed by atoms with Crippen molar-refractivity contribution in [2.75, 3.05) is 68.8 Å². The number of pyridine rings is 1. The van der Waals surface area contributed by atoms with Crippen molar-refractivity contribution in [3.8, 4) is 23.0 Å². The lowest BCUT2D eigenvalue weighted by Crippen LogP contribution is -2.54. The number of fused-ring (bicyclic) bond motifs is 6. The summed E-state index contributed by atoms with van der Waals surface area (Å²) in [5.41, 5.74) is 2.54. The molecule has 0 aliphatic carbocycles. The molecule has 6 saturated heterocycles. The Morgan fingerprint density at radius 2 is 1.69 bits per heavy atom. The van der Waals surface area contributed by atoms with Crippen molar-refractivity contribution in [3.63, 3.8) is 0 Å². The van der Waals surface area contributed by atoms with Gasteiger partial charge in [-0.3, -0.25) is 39.3 Å². The normalized spacial score (nSPS) is 25.4. The molecule has 5 atom stereocenters. The number of aromatic nitrogens is 3. The first-order valence-corrected chi connectivity index (χ1v) is 25.0. The highest BCUT2D eigenvalue weighted by Gasteiger charge is 2.51. The topological polar surface area (TPSA) is 203 Å². The van der Waals surface area contributed by atoms with Gasteiger partial charge in [0.05, 0.1) is 22.1 Å². The van der Waals surface area contributed by atoms with Gasteiger partial charge in [0.1, 0.15) is 42.0 Å². The maximum Gasteiger partial charge on any atom is 0.409 e. The molecule has 71 heavy (non-hydrogen) atoms. The number of aryl methyl sites for hydroxylation is 1. The Morgan fingerprint density at radius 3 is 2.48 bits per heavy atom. The largest absolute Gasteiger partial charge is 0.508 e. The van der Waals surface area contributed by atoms with Gasteiger partial charge in [-0.1, -0.05) is 25.1 Å². The van der Waals surface area contributed by atoms with Crippen molar-refractivity contribution >= 4 is 62.9 Å². The number of aromatic hydroxyl groups is 1. The molecule has 3 N–H and O–H groups in total. The van der Waals surface area contributed by atoms with Crippen LogP contribution in [-0.4, -0.2) is 153 Å². The molecule has 6 fully saturated rings. The van der Waals surface area contributed by atoms with Gasteiger partial charge in [0.25, 0.3) is 11.8 Å². The molecular formula is C52H55FN10O8. The van der Waals surface area contributed by atoms with E-state index in [1.54, 1.807) is 41.4 Å². The zero-order valence-corrected chi connectivity index (χ0v) is 39.5. The van der Waals surface area contributed by atoms with Crippen LogP contribution in [0.5, 0.6) is 11.8 Å². The van der Waals surface area contributed by atoms with Gasteiger partial charge in [0, 0.05) is 81.3 Å². The van der Waals surface area contributed by atoms with Gasteiger partial charge in [-0.15, -0.1) is 0 Å². The highest BCUT2D eigenvalue weighted by molar-refractivity contribution is 6.23. The Morgan fingerprint density at radius 1 is 0.887 bits per heavy atom. The minimum absolute atomic E-state index is 0.0154. The molecule has 12 rings (SSSR count). The number of rotatable bonds is 10. The Kier molecular flexibility index (Phi) is 11.3. The summed E-state index contributed by atoms with van der Waals surface area (Å²) in [6, 6.07) is 13.8. The van der Waals surface area contributed by atoms with E-state index in [9.17, 15) is 29.1 Å². The molecule has 5 aromatic rings. The third-order valence-electron chi connectivity index (χ3n) is 16.1. The molecule has 368 valence electrons. The van der Waals surface area contributed by atoms with Crippen LogP contribution in [0.3, 0.4) is 0 Å². The molecule has 9 heterocycles. The maximum absolute atomic E-state index is 17.3. The fraction of sp³-hybridized carbons (Fsp3) is 0.462. The number of phenolic OH excluding ortho intramolecular Hbond substituents is 1. The summed E-state index contributed by atoms with van der Waals surface area (Å²) in [5, 5.41) is 18.8. The summed E-state index contributed by atoms with van der Waals surface area (Å²) in [6.45, 7) is 6.54. The van der Waals surface area contributed by atoms with E-state index >= 15 is 4.39 Å². The minimum atomic E-state index is -1.04. The molecule has 2 bridgehead atoms. The average Bonchev–Trinajstić information content (AvgIpc) is 4.12. The van der Waals surface area contributed by atoms with E-state index in [-0.39, 0.29) is 71.7 Å². The second kappa shape index (κ2) is 17.7. The van der Waals surface area contributed by atoms with Crippen LogP contribution in [0.2, 0.25) is 0 Å². The number of phenols is 1. The first kappa shape index (κ1) is 45.2. The van der Waals surface area contributed by atoms with Gasteiger partial charge in [0.2, 0.25) is 11.8 Å². The van der Waals surface area contributed by atoms with Crippen LogP contribution in [0.1, 0.15) is 84.6 Å². The van der Waals surface area contributed by atoms with Gasteiger partial charge in [-0.2, -0.15) is 9.97 Å². The SMILES string of the molecule is CCc1cccc2cc(O)cc(-c3ncc4c(N5CC6CCC(C5)N6)nc(OC[C@]56CCCN5[C@@H](COC(=O)N5CCN(c7ccc8c(c7)C(=O)N(C7CCC(=O)NC7=O)C8=O)CC5)CC6)nc4c3F)c12. The van der Waals surface area contributed by atoms with E-state index in [4.69, 9.17) is 24.4 Å². The van der Waals surface area contributed by atoms with Gasteiger partial charge < -0.3 is 34.6 Å². The van der Waals surface area contributed by atoms with Crippen LogP contribution < -0.4 is 25.2 Å². The van der Waals surface area contributed by atoms with Crippen molar-refractivity contribution < 1.29 is 42.9 Å². The van der Waals surface area contributed by atoms with E-state index in [0.29, 0.717) is 74.5 Å². The Bertz CT molecular complexity index is 3040. The van der Waals surface area contributed by atoms with Crippen LogP contribution in [0.25, 0.3) is 32.9 Å². The Balaban J connectivity index is 0.720. The fourth-order valence-corrected chi connectivity index (χ4v) is 12.5. The number of amides is 5. The molecule has 0 spiro atoms. The summed E-state index contributed by atoms with van der Waals surface area (Å²) >= 11 is 0. The first-order chi connectivity index (χ1) is 34.4. The number of anilines is 2. The molecule has 18 nitrogen and oxygen atoms in total. The van der Waals surface area contributed by atoms with Crippen LogP contribution in [0, 0.1) is 5.82 Å². The van der Waals surface area contributed by atoms with Crippen LogP contribution in [0.15, 0.2) is 54.7 Å². The van der Waals surface area contributed by atoms with Crippen molar-refractivity contribution in [3.05, 3.63) is 77.2 Å². The number of piperidine rings is 1. The quantitative estimate of drug-likeness (QED) is 0.159. The molecule has 5 amide bonds. The molecular weight excluding hydrogens is 912 g/mol. The zero-order valence-electron chi connectivity index (χ0n) is 39.5. The van der Waals surface area contributed by atoms with E-state index in [0.717, 1.165) is 72.0 Å². The van der Waals surface area contributed by atoms with E-state index in [2.05, 4.69) is 20.4 Å². The number of carbonyl (C=O) groups is 5. The van der Waals surface area contributed by atoms with Crippen molar-refractivity contribution in [1.82, 2.24) is 40.3 Å². The van der Waals surface area contributed by atoms with Gasteiger partial charge in [-0.25, -0.2) is 9.18 Å². The number of imide groups is 2. The Labute approximate surface area is 408 Å². The summed E-state index contributed by atoms with van der Waals surface area (Å²) < 4.78 is 29.9. The Hall–Kier alpha value is -6.99. The van der Waals surface area contributed by atoms with Crippen molar-refractivity contribution in [2.24, 2.45) is 0 Å². The van der Waals surface area contributed by atoms with Crippen molar-refractivity contribution in [2.45, 2.75) is 94.4 Å². The molecule has 3 unspecified atom stereocenters. The predicted octanol–water partition coefficient (Wildman–Crippen LogP) is 4.93. The third kappa shape index (κ3) is 7.84. The smallest absolute Gasteiger partial charge is 0.409 e. The van der Waals surface area contributed by atoms with Gasteiger partial charge >= 0.3 is 12.1 Å². The number of hydrogen-bond donors (Lipinski definition) is 3. The second-order valence-corrected chi connectivity index (χ2v) is 20.1. The molecule has 7 aliphatic heterocycles. The third-order valence-corrected chi connectivity index (χ3v) is 16.1. The molecule has 0 radical (unpaired) electrons. The summed E-state index contributed by atoms with van der Waals surface area (Å²) in [5.74, 6) is -2.20. The molecule has 0 saturated carbocycles. The minimum Gasteiger partial charge on any atom is -0.508 e. The predicted molar refractivity (Wildman–Crippen MR) is 259 cm³/mol. The lowest BCUT2D eigenvalue weighted by atomic mass is 9.95. The second-order valence-electron chi connectivity index (χ2n) is 20.1. The number of halogens is 1. The standard InChI is InChI=1S/C52H55FN10O8/c1-2-29-5-3-6-30-21-35(64)23-38(42(29)30)44-43(53)45-39(24-54-44)46(61-25-31-7-8-32(26-61)55-31)58-50(57-45)71-28-52-14-4-16-62(52)34(13-15-52)27-70-51(69)60-19-17-59(18-20-60)33-9-10-36-37(22-33)49(68)63(48(36)67)40-11-12-41(65)56-47(40)66/h3,5-6,9-10,21-24,31-32,34,40,55,64H,2,4,7-8,11-20,25-28H2,1H3,(H,56,65,66)/t31?,32?,34-,40?,52-/m1/s1. The highest BCUT2D eigenvalue weighted by Crippen LogP contribution is 2.44. The van der Waals surface area contributed by atoms with Crippen LogP contribution >= 0.6 is 0 Å². The van der Waals surface area contributed by atoms with Crippen LogP contribution in [-0.2, 0) is 20.7 Å². The number of benzene rings is 3. The van der Waals surface area contributed by atoms with Crippen molar-refractivity contribution in [1.29, 1.82) is 0 Å². The van der Waals surface area contributed by atoms with Gasteiger partial charge in [0.15, 0.2) is 5.82 Å². The summed E-state index contributed by atoms with van der Waals surface area (Å²) in [4.78, 5) is 88.2. The molecule has 3 aromatic carbocycles. The molecule has 2 aromatic heterocycles. The lowest BCUT2D eigenvalue weighted by Gasteiger charge is -2.37. The molecule has 7 aliphatic rings. The zero-order chi connectivity index (χ0) is 48.7. The molecule has 19 heteroatoms. The summed E-state index contributed by atoms with van der Waals surface area (Å²) in [6.07, 6.45) is 7.67. The van der Waals surface area contributed by atoms with E-state index in [1.807, 2.05) is 30.0 Å². The van der Waals surface area contributed by atoms with E-state index in [1.165, 1.54) is 0 Å². The number of carbonyl (C=O) groups excluding carboxylic acids is 5. The lowest BCUT2D eigenvalue weighted by molar-refractivity contribution is -0.136. The maximum atomic E-state index is 17.3. The first-order valence-electron chi connectivity index (χ1n) is 25.0. The summed E-state index contributed by atoms with van der Waals surface area (Å²) in [7, 11) is 0. The number of piperazine rings is 2. The number of ether oxygens (including phenoxy) is 2. The van der Waals surface area contributed by atoms with Crippen LogP contribution in [0.4, 0.5) is 20.7 Å². The monoisotopic (exact) mass is 966 g/mol. The van der Waals surface area contributed by atoms with E-state index < -0.39 is 41.6 Å². The van der Waals surface area contributed by atoms with Gasteiger partial charge in [-0.05, 0) is 105 Å². The number of nitrogens with one attached hydrogen (secondary N) is 2. The average molecular weight is 967 g/mol. The highest BCUT2D eigenvalue weighted by atomic mass is 19.1. The number of nitrogens with zero attached hydrogens (tertiary/aromatic N) is 8. The fourth-order valence-electron chi connectivity index (χ4n) is 12.5. The number of hydrogen-bond acceptors (Lipinski definition) is 15.